The Bertz CT molecular complexity index is 1450. The minimum absolute atomic E-state index is 0.00608. The lowest BCUT2D eigenvalue weighted by molar-refractivity contribution is 0.0946. The first-order chi connectivity index (χ1) is 19.0. The number of carbonyl (C=O) groups is 1. The molecule has 1 amide bonds. The molecule has 4 aromatic rings. The number of rotatable bonds is 9. The van der Waals surface area contributed by atoms with E-state index in [1.807, 2.05) is 0 Å². The number of hydrogen-bond acceptors (Lipinski definition) is 6. The third-order valence-corrected chi connectivity index (χ3v) is 7.17. The summed E-state index contributed by atoms with van der Waals surface area (Å²) in [5, 5.41) is 13.6. The number of ether oxygens (including phenoxy) is 3. The first-order valence-electron chi connectivity index (χ1n) is 12.7. The van der Waals surface area contributed by atoms with Gasteiger partial charge in [0.05, 0.1) is 50.2 Å². The van der Waals surface area contributed by atoms with Gasteiger partial charge in [-0.3, -0.25) is 9.89 Å². The highest BCUT2D eigenvalue weighted by atomic mass is 19.1. The molecule has 0 saturated carbocycles. The van der Waals surface area contributed by atoms with E-state index in [0.717, 1.165) is 23.9 Å². The third kappa shape index (κ3) is 5.65. The van der Waals surface area contributed by atoms with Crippen molar-refractivity contribution in [3.63, 3.8) is 0 Å². The molecule has 1 aliphatic rings. The average molecular weight is 537 g/mol. The van der Waals surface area contributed by atoms with Crippen LogP contribution >= 0.6 is 0 Å². The van der Waals surface area contributed by atoms with Crippen molar-refractivity contribution in [2.24, 2.45) is 5.92 Å². The molecule has 0 spiro atoms. The lowest BCUT2D eigenvalue weighted by Crippen LogP contribution is -2.38. The molecule has 8 nitrogen and oxygen atoms in total. The molecule has 1 saturated heterocycles. The third-order valence-electron chi connectivity index (χ3n) is 7.17. The highest BCUT2D eigenvalue weighted by Gasteiger charge is 2.29. The van der Waals surface area contributed by atoms with Crippen molar-refractivity contribution in [2.75, 3.05) is 33.9 Å². The molecule has 1 aromatic heterocycles. The summed E-state index contributed by atoms with van der Waals surface area (Å²) < 4.78 is 46.1. The second kappa shape index (κ2) is 11.7. The van der Waals surface area contributed by atoms with Crippen molar-refractivity contribution in [1.82, 2.24) is 20.8 Å². The van der Waals surface area contributed by atoms with Gasteiger partial charge in [-0.2, -0.15) is 5.10 Å². The summed E-state index contributed by atoms with van der Waals surface area (Å²) >= 11 is 0. The average Bonchev–Trinajstić information content (AvgIpc) is 3.42. The Morgan fingerprint density at radius 3 is 2.62 bits per heavy atom. The normalized spacial score (nSPS) is 17.1. The van der Waals surface area contributed by atoms with Crippen molar-refractivity contribution >= 4 is 16.8 Å². The van der Waals surface area contributed by atoms with Crippen molar-refractivity contribution in [3.8, 4) is 17.2 Å². The molecular formula is C29H30F2N4O4. The zero-order chi connectivity index (χ0) is 27.4. The maximum Gasteiger partial charge on any atom is 0.254 e. The van der Waals surface area contributed by atoms with E-state index in [4.69, 9.17) is 14.2 Å². The van der Waals surface area contributed by atoms with E-state index in [2.05, 4.69) is 20.8 Å². The lowest BCUT2D eigenvalue weighted by atomic mass is 9.81. The molecule has 3 N–H and O–H groups in total. The number of carbonyl (C=O) groups excluding carboxylic acids is 1. The van der Waals surface area contributed by atoms with E-state index in [-0.39, 0.29) is 36.3 Å². The van der Waals surface area contributed by atoms with Gasteiger partial charge in [0.15, 0.2) is 11.6 Å². The van der Waals surface area contributed by atoms with Crippen LogP contribution in [-0.2, 0) is 6.54 Å². The monoisotopic (exact) mass is 536 g/mol. The molecule has 0 aliphatic carbocycles. The zero-order valence-corrected chi connectivity index (χ0v) is 21.7. The number of nitrogens with one attached hydrogen (secondary N) is 3. The van der Waals surface area contributed by atoms with E-state index in [1.54, 1.807) is 42.6 Å². The van der Waals surface area contributed by atoms with Gasteiger partial charge in [-0.1, -0.05) is 12.1 Å². The maximum absolute atomic E-state index is 14.8. The summed E-state index contributed by atoms with van der Waals surface area (Å²) in [5.74, 6) is -0.376. The van der Waals surface area contributed by atoms with Crippen molar-refractivity contribution < 1.29 is 27.8 Å². The van der Waals surface area contributed by atoms with Crippen LogP contribution < -0.4 is 24.8 Å². The predicted molar refractivity (Wildman–Crippen MR) is 142 cm³/mol. The Kier molecular flexibility index (Phi) is 7.92. The number of amides is 1. The van der Waals surface area contributed by atoms with Gasteiger partial charge in [0.25, 0.3) is 5.91 Å². The first-order valence-corrected chi connectivity index (χ1v) is 12.7. The standard InChI is InChI=1S/C29H30F2N4O4/c1-37-26-4-3-5-27(38-2)22(26)15-33-29(36)21-10-17(6-7-23(21)30)20-8-9-32-13-19(20)16-39-28-11-18-14-34-35-25(18)12-24(28)31/h3-7,10-12,14,19-20,32H,8-9,13,15-16H2,1-2H3,(H,33,36)(H,34,35)/t19-,20-/m0/s1. The van der Waals surface area contributed by atoms with Crippen LogP contribution in [0.4, 0.5) is 8.78 Å². The summed E-state index contributed by atoms with van der Waals surface area (Å²) in [6.45, 7) is 1.77. The van der Waals surface area contributed by atoms with Gasteiger partial charge in [-0.05, 0) is 54.8 Å². The topological polar surface area (TPSA) is 97.5 Å². The van der Waals surface area contributed by atoms with E-state index < -0.39 is 17.5 Å². The number of aromatic amines is 1. The number of halogens is 2. The maximum atomic E-state index is 14.8. The summed E-state index contributed by atoms with van der Waals surface area (Å²) in [6.07, 6.45) is 2.38. The zero-order valence-electron chi connectivity index (χ0n) is 21.7. The van der Waals surface area contributed by atoms with Crippen molar-refractivity contribution in [2.45, 2.75) is 18.9 Å². The van der Waals surface area contributed by atoms with Crippen LogP contribution in [0.3, 0.4) is 0 Å². The Hall–Kier alpha value is -4.18. The van der Waals surface area contributed by atoms with Crippen molar-refractivity contribution in [1.29, 1.82) is 0 Å². The fraction of sp³-hybridized carbons (Fsp3) is 0.310. The van der Waals surface area contributed by atoms with Gasteiger partial charge >= 0.3 is 0 Å². The number of piperidine rings is 1. The van der Waals surface area contributed by atoms with Crippen LogP contribution in [0.5, 0.6) is 17.2 Å². The molecule has 0 radical (unpaired) electrons. The largest absolute Gasteiger partial charge is 0.496 e. The molecule has 0 unspecified atom stereocenters. The molecular weight excluding hydrogens is 506 g/mol. The van der Waals surface area contributed by atoms with Gasteiger partial charge in [-0.15, -0.1) is 0 Å². The van der Waals surface area contributed by atoms with Gasteiger partial charge in [0.1, 0.15) is 17.3 Å². The number of nitrogens with zero attached hydrogens (tertiary/aromatic N) is 1. The first kappa shape index (κ1) is 26.4. The van der Waals surface area contributed by atoms with Crippen molar-refractivity contribution in [3.05, 3.63) is 83.1 Å². The van der Waals surface area contributed by atoms with Crippen LogP contribution in [0.15, 0.2) is 54.7 Å². The Labute approximate surface area is 224 Å². The molecule has 5 rings (SSSR count). The molecule has 1 fully saturated rings. The van der Waals surface area contributed by atoms with E-state index in [1.165, 1.54) is 26.4 Å². The highest BCUT2D eigenvalue weighted by molar-refractivity contribution is 5.94. The summed E-state index contributed by atoms with van der Waals surface area (Å²) in [7, 11) is 3.07. The van der Waals surface area contributed by atoms with E-state index >= 15 is 0 Å². The highest BCUT2D eigenvalue weighted by Crippen LogP contribution is 2.33. The molecule has 2 atom stereocenters. The van der Waals surface area contributed by atoms with Crippen LogP contribution in [0, 0.1) is 17.6 Å². The molecule has 2 heterocycles. The van der Waals surface area contributed by atoms with Gasteiger partial charge in [-0.25, -0.2) is 8.78 Å². The van der Waals surface area contributed by atoms with E-state index in [9.17, 15) is 13.6 Å². The minimum atomic E-state index is -0.611. The van der Waals surface area contributed by atoms with E-state index in [0.29, 0.717) is 29.1 Å². The molecule has 39 heavy (non-hydrogen) atoms. The SMILES string of the molecule is COc1cccc(OC)c1CNC(=O)c1cc([C@@H]2CCNC[C@H]2COc2cc3cn[nH]c3cc2F)ccc1F. The minimum Gasteiger partial charge on any atom is -0.496 e. The quantitative estimate of drug-likeness (QED) is 0.290. The Morgan fingerprint density at radius 1 is 1.05 bits per heavy atom. The molecule has 0 bridgehead atoms. The smallest absolute Gasteiger partial charge is 0.254 e. The molecule has 10 heteroatoms. The number of benzene rings is 3. The second-order valence-electron chi connectivity index (χ2n) is 9.47. The van der Waals surface area contributed by atoms with Gasteiger partial charge < -0.3 is 24.8 Å². The number of fused-ring (bicyclic) bond motifs is 1. The summed E-state index contributed by atoms with van der Waals surface area (Å²) in [6, 6.07) is 12.9. The molecule has 3 aromatic carbocycles. The Balaban J connectivity index is 1.31. The lowest BCUT2D eigenvalue weighted by Gasteiger charge is -2.32. The number of hydrogen-bond donors (Lipinski definition) is 3. The second-order valence-corrected chi connectivity index (χ2v) is 9.47. The summed E-state index contributed by atoms with van der Waals surface area (Å²) in [4.78, 5) is 13.1. The van der Waals surface area contributed by atoms with Crippen LogP contribution in [-0.4, -0.2) is 50.0 Å². The van der Waals surface area contributed by atoms with Crippen LogP contribution in [0.1, 0.15) is 33.8 Å². The van der Waals surface area contributed by atoms with Gasteiger partial charge in [0.2, 0.25) is 0 Å². The fourth-order valence-corrected chi connectivity index (χ4v) is 5.10. The Morgan fingerprint density at radius 2 is 1.85 bits per heavy atom. The predicted octanol–water partition coefficient (Wildman–Crippen LogP) is 4.56. The van der Waals surface area contributed by atoms with Gasteiger partial charge in [0, 0.05) is 23.9 Å². The van der Waals surface area contributed by atoms with Crippen LogP contribution in [0.2, 0.25) is 0 Å². The number of aromatic nitrogens is 2. The summed E-state index contributed by atoms with van der Waals surface area (Å²) in [5.41, 5.74) is 2.04. The number of methoxy groups -OCH3 is 2. The van der Waals surface area contributed by atoms with Crippen LogP contribution in [0.25, 0.3) is 10.9 Å². The fourth-order valence-electron chi connectivity index (χ4n) is 5.10. The molecule has 204 valence electrons. The molecule has 1 aliphatic heterocycles. The number of H-pyrrole nitrogens is 1.